The van der Waals surface area contributed by atoms with E-state index in [4.69, 9.17) is 0 Å². The van der Waals surface area contributed by atoms with Gasteiger partial charge in [-0.3, -0.25) is 4.79 Å². The van der Waals surface area contributed by atoms with E-state index in [2.05, 4.69) is 5.32 Å². The number of carbonyl (C=O) groups excluding carboxylic acids is 1. The van der Waals surface area contributed by atoms with Crippen LogP contribution in [0.2, 0.25) is 0 Å². The minimum Gasteiger partial charge on any atom is -0.377 e. The van der Waals surface area contributed by atoms with Crippen molar-refractivity contribution in [1.82, 2.24) is 5.32 Å². The molecule has 1 aromatic carbocycles. The molecule has 0 bridgehead atoms. The van der Waals surface area contributed by atoms with Crippen LogP contribution >= 0.6 is 0 Å². The van der Waals surface area contributed by atoms with Crippen LogP contribution in [0.1, 0.15) is 18.9 Å². The molecule has 0 unspecified atom stereocenters. The maximum Gasteiger partial charge on any atom is 0.219 e. The third-order valence-electron chi connectivity index (χ3n) is 2.27. The minimum absolute atomic E-state index is 0.0866. The first-order chi connectivity index (χ1) is 7.15. The summed E-state index contributed by atoms with van der Waals surface area (Å²) in [6, 6.07) is 8.07. The first-order valence-corrected chi connectivity index (χ1v) is 5.17. The van der Waals surface area contributed by atoms with Crippen molar-refractivity contribution in [3.63, 3.8) is 0 Å². The van der Waals surface area contributed by atoms with Gasteiger partial charge in [0.1, 0.15) is 0 Å². The van der Waals surface area contributed by atoms with Gasteiger partial charge in [0.2, 0.25) is 5.91 Å². The van der Waals surface area contributed by atoms with Gasteiger partial charge in [-0.2, -0.15) is 0 Å². The smallest absolute Gasteiger partial charge is 0.219 e. The van der Waals surface area contributed by atoms with Gasteiger partial charge in [0.05, 0.1) is 0 Å². The molecule has 82 valence electrons. The fraction of sp³-hybridized carbons (Fsp3) is 0.417. The zero-order chi connectivity index (χ0) is 11.3. The van der Waals surface area contributed by atoms with Gasteiger partial charge < -0.3 is 10.2 Å². The van der Waals surface area contributed by atoms with Crippen LogP contribution in [0.3, 0.4) is 0 Å². The van der Waals surface area contributed by atoms with Crippen molar-refractivity contribution in [2.45, 2.75) is 19.9 Å². The molecule has 1 amide bonds. The SMILES string of the molecule is CCC(=O)NCc1ccccc1N(C)C. The average molecular weight is 206 g/mol. The highest BCUT2D eigenvalue weighted by atomic mass is 16.1. The molecule has 0 fully saturated rings. The van der Waals surface area contributed by atoms with Crippen LogP contribution < -0.4 is 10.2 Å². The van der Waals surface area contributed by atoms with Crippen molar-refractivity contribution in [1.29, 1.82) is 0 Å². The van der Waals surface area contributed by atoms with Crippen molar-refractivity contribution in [2.24, 2.45) is 0 Å². The molecule has 0 aliphatic heterocycles. The Morgan fingerprint density at radius 3 is 2.60 bits per heavy atom. The summed E-state index contributed by atoms with van der Waals surface area (Å²) in [5.41, 5.74) is 2.29. The number of nitrogens with one attached hydrogen (secondary N) is 1. The number of rotatable bonds is 4. The quantitative estimate of drug-likeness (QED) is 0.814. The fourth-order valence-electron chi connectivity index (χ4n) is 1.42. The van der Waals surface area contributed by atoms with E-state index in [0.29, 0.717) is 13.0 Å². The van der Waals surface area contributed by atoms with E-state index in [0.717, 1.165) is 11.3 Å². The molecular weight excluding hydrogens is 188 g/mol. The van der Waals surface area contributed by atoms with Gasteiger partial charge in [-0.1, -0.05) is 25.1 Å². The third-order valence-corrected chi connectivity index (χ3v) is 2.27. The minimum atomic E-state index is 0.0866. The van der Waals surface area contributed by atoms with Crippen molar-refractivity contribution < 1.29 is 4.79 Å². The zero-order valence-corrected chi connectivity index (χ0v) is 9.58. The second-order valence-electron chi connectivity index (χ2n) is 3.65. The summed E-state index contributed by atoms with van der Waals surface area (Å²) in [5, 5.41) is 2.88. The molecule has 3 nitrogen and oxygen atoms in total. The van der Waals surface area contributed by atoms with Crippen LogP contribution in [-0.2, 0) is 11.3 Å². The van der Waals surface area contributed by atoms with Gasteiger partial charge in [-0.15, -0.1) is 0 Å². The Kier molecular flexibility index (Phi) is 4.16. The van der Waals surface area contributed by atoms with Crippen LogP contribution in [0.15, 0.2) is 24.3 Å². The lowest BCUT2D eigenvalue weighted by Crippen LogP contribution is -2.23. The van der Waals surface area contributed by atoms with Crippen LogP contribution in [0.25, 0.3) is 0 Å². The summed E-state index contributed by atoms with van der Waals surface area (Å²) in [5.74, 6) is 0.0866. The molecule has 1 N–H and O–H groups in total. The van der Waals surface area contributed by atoms with Gasteiger partial charge in [0.15, 0.2) is 0 Å². The Morgan fingerprint density at radius 1 is 1.33 bits per heavy atom. The largest absolute Gasteiger partial charge is 0.377 e. The maximum absolute atomic E-state index is 11.1. The first-order valence-electron chi connectivity index (χ1n) is 5.17. The number of hydrogen-bond donors (Lipinski definition) is 1. The summed E-state index contributed by atoms with van der Waals surface area (Å²) in [6.45, 7) is 2.45. The number of carbonyl (C=O) groups is 1. The van der Waals surface area contributed by atoms with Crippen molar-refractivity contribution in [3.8, 4) is 0 Å². The Morgan fingerprint density at radius 2 is 2.00 bits per heavy atom. The molecule has 0 heterocycles. The summed E-state index contributed by atoms with van der Waals surface area (Å²) < 4.78 is 0. The van der Waals surface area contributed by atoms with Crippen LogP contribution in [-0.4, -0.2) is 20.0 Å². The Hall–Kier alpha value is -1.51. The Labute approximate surface area is 91.1 Å². The van der Waals surface area contributed by atoms with Crippen molar-refractivity contribution in [2.75, 3.05) is 19.0 Å². The molecule has 15 heavy (non-hydrogen) atoms. The molecule has 1 rings (SSSR count). The van der Waals surface area contributed by atoms with Gasteiger partial charge in [-0.25, -0.2) is 0 Å². The zero-order valence-electron chi connectivity index (χ0n) is 9.58. The van der Waals surface area contributed by atoms with E-state index < -0.39 is 0 Å². The number of benzene rings is 1. The van der Waals surface area contributed by atoms with E-state index in [1.807, 2.05) is 50.2 Å². The molecule has 3 heteroatoms. The van der Waals surface area contributed by atoms with E-state index in [-0.39, 0.29) is 5.91 Å². The highest BCUT2D eigenvalue weighted by molar-refractivity contribution is 5.75. The van der Waals surface area contributed by atoms with Crippen molar-refractivity contribution in [3.05, 3.63) is 29.8 Å². The number of amides is 1. The molecule has 0 aliphatic carbocycles. The van der Waals surface area contributed by atoms with Crippen molar-refractivity contribution >= 4 is 11.6 Å². The highest BCUT2D eigenvalue weighted by Crippen LogP contribution is 2.17. The predicted octanol–water partition coefficient (Wildman–Crippen LogP) is 1.78. The molecule has 0 radical (unpaired) electrons. The molecule has 0 saturated carbocycles. The predicted molar refractivity (Wildman–Crippen MR) is 62.9 cm³/mol. The lowest BCUT2D eigenvalue weighted by Gasteiger charge is -2.17. The van der Waals surface area contributed by atoms with E-state index in [9.17, 15) is 4.79 Å². The highest BCUT2D eigenvalue weighted by Gasteiger charge is 2.04. The first kappa shape index (κ1) is 11.6. The van der Waals surface area contributed by atoms with E-state index in [1.165, 1.54) is 0 Å². The summed E-state index contributed by atoms with van der Waals surface area (Å²) in [6.07, 6.45) is 0.532. The lowest BCUT2D eigenvalue weighted by molar-refractivity contribution is -0.120. The topological polar surface area (TPSA) is 32.3 Å². The molecule has 0 aliphatic rings. The summed E-state index contributed by atoms with van der Waals surface area (Å²) >= 11 is 0. The van der Waals surface area contributed by atoms with Crippen LogP contribution in [0.5, 0.6) is 0 Å². The number of anilines is 1. The maximum atomic E-state index is 11.1. The standard InChI is InChI=1S/C12H18N2O/c1-4-12(15)13-9-10-7-5-6-8-11(10)14(2)3/h5-8H,4,9H2,1-3H3,(H,13,15). The number of para-hydroxylation sites is 1. The molecule has 0 saturated heterocycles. The fourth-order valence-corrected chi connectivity index (χ4v) is 1.42. The Bertz CT molecular complexity index is 334. The van der Waals surface area contributed by atoms with Crippen LogP contribution in [0, 0.1) is 0 Å². The monoisotopic (exact) mass is 206 g/mol. The van der Waals surface area contributed by atoms with E-state index in [1.54, 1.807) is 0 Å². The normalized spacial score (nSPS) is 9.80. The van der Waals surface area contributed by atoms with E-state index >= 15 is 0 Å². The summed E-state index contributed by atoms with van der Waals surface area (Å²) in [7, 11) is 4.00. The summed E-state index contributed by atoms with van der Waals surface area (Å²) in [4.78, 5) is 13.2. The second kappa shape index (κ2) is 5.39. The van der Waals surface area contributed by atoms with Gasteiger partial charge >= 0.3 is 0 Å². The lowest BCUT2D eigenvalue weighted by atomic mass is 10.1. The molecule has 0 aromatic heterocycles. The molecule has 1 aromatic rings. The van der Waals surface area contributed by atoms with Gasteiger partial charge in [0, 0.05) is 32.7 Å². The number of hydrogen-bond acceptors (Lipinski definition) is 2. The third kappa shape index (κ3) is 3.27. The second-order valence-corrected chi connectivity index (χ2v) is 3.65. The molecular formula is C12H18N2O. The molecule has 0 spiro atoms. The Balaban J connectivity index is 2.71. The van der Waals surface area contributed by atoms with Gasteiger partial charge in [-0.05, 0) is 11.6 Å². The average Bonchev–Trinajstić information content (AvgIpc) is 2.26. The number of nitrogens with zero attached hydrogens (tertiary/aromatic N) is 1. The molecule has 0 atom stereocenters. The van der Waals surface area contributed by atoms with Gasteiger partial charge in [0.25, 0.3) is 0 Å². The van der Waals surface area contributed by atoms with Crippen LogP contribution in [0.4, 0.5) is 5.69 Å².